The number of hydrogen-bond donors (Lipinski definition) is 0. The van der Waals surface area contributed by atoms with Crippen LogP contribution in [0.4, 0.5) is 4.39 Å². The molecule has 0 aliphatic rings. The van der Waals surface area contributed by atoms with Crippen LogP contribution in [0.5, 0.6) is 5.75 Å². The van der Waals surface area contributed by atoms with Crippen molar-refractivity contribution in [2.75, 3.05) is 0 Å². The number of aryl methyl sites for hydroxylation is 2. The molecule has 0 spiro atoms. The summed E-state index contributed by atoms with van der Waals surface area (Å²) < 4.78 is 19.3. The monoisotopic (exact) mass is 289 g/mol. The smallest absolute Gasteiger partial charge is 0.131 e. The second-order valence-electron chi connectivity index (χ2n) is 4.58. The normalized spacial score (nSPS) is 10.2. The first-order valence-corrected chi connectivity index (χ1v) is 6.47. The number of hydrogen-bond acceptors (Lipinski definition) is 2. The molecule has 0 aromatic heterocycles. The van der Waals surface area contributed by atoms with E-state index in [2.05, 4.69) is 6.07 Å². The van der Waals surface area contributed by atoms with Crippen LogP contribution in [-0.4, -0.2) is 0 Å². The van der Waals surface area contributed by atoms with Crippen LogP contribution in [0.2, 0.25) is 5.02 Å². The molecule has 0 unspecified atom stereocenters. The minimum Gasteiger partial charge on any atom is -0.488 e. The number of rotatable bonds is 3. The molecule has 0 atom stereocenters. The first-order valence-electron chi connectivity index (χ1n) is 6.09. The van der Waals surface area contributed by atoms with Gasteiger partial charge in [-0.05, 0) is 49.2 Å². The lowest BCUT2D eigenvalue weighted by atomic mass is 10.1. The first kappa shape index (κ1) is 14.4. The maximum atomic E-state index is 13.7. The number of nitrogens with zero attached hydrogens (tertiary/aromatic N) is 1. The Morgan fingerprint density at radius 3 is 2.40 bits per heavy atom. The molecule has 0 N–H and O–H groups in total. The standard InChI is InChI=1S/C16H13ClFNO/c1-10-5-12(8-19)6-11(2)16(10)20-9-13-3-4-14(17)7-15(13)18/h3-7H,9H2,1-2H3. The fraction of sp³-hybridized carbons (Fsp3) is 0.188. The van der Waals surface area contributed by atoms with Gasteiger partial charge in [-0.1, -0.05) is 17.7 Å². The van der Waals surface area contributed by atoms with E-state index in [9.17, 15) is 4.39 Å². The fourth-order valence-corrected chi connectivity index (χ4v) is 2.19. The van der Waals surface area contributed by atoms with Crippen molar-refractivity contribution in [1.82, 2.24) is 0 Å². The quantitative estimate of drug-likeness (QED) is 0.830. The van der Waals surface area contributed by atoms with Crippen LogP contribution in [0.15, 0.2) is 30.3 Å². The first-order chi connectivity index (χ1) is 9.51. The average molecular weight is 290 g/mol. The van der Waals surface area contributed by atoms with Crippen molar-refractivity contribution in [2.24, 2.45) is 0 Å². The van der Waals surface area contributed by atoms with E-state index in [0.29, 0.717) is 21.9 Å². The van der Waals surface area contributed by atoms with Gasteiger partial charge >= 0.3 is 0 Å². The number of nitriles is 1. The van der Waals surface area contributed by atoms with Gasteiger partial charge in [0.25, 0.3) is 0 Å². The molecule has 102 valence electrons. The summed E-state index contributed by atoms with van der Waals surface area (Å²) in [6, 6.07) is 10.1. The van der Waals surface area contributed by atoms with E-state index in [1.807, 2.05) is 13.8 Å². The molecular formula is C16H13ClFNO. The minimum atomic E-state index is -0.388. The maximum absolute atomic E-state index is 13.7. The van der Waals surface area contributed by atoms with Gasteiger partial charge in [0, 0.05) is 10.6 Å². The van der Waals surface area contributed by atoms with Crippen LogP contribution in [0.25, 0.3) is 0 Å². The second-order valence-corrected chi connectivity index (χ2v) is 5.01. The van der Waals surface area contributed by atoms with Crippen LogP contribution >= 0.6 is 11.6 Å². The third kappa shape index (κ3) is 3.09. The molecule has 2 aromatic rings. The number of ether oxygens (including phenoxy) is 1. The summed E-state index contributed by atoms with van der Waals surface area (Å²) in [6.07, 6.45) is 0. The van der Waals surface area contributed by atoms with Gasteiger partial charge in [0.15, 0.2) is 0 Å². The predicted octanol–water partition coefficient (Wildman–Crippen LogP) is 4.55. The van der Waals surface area contributed by atoms with Crippen molar-refractivity contribution in [3.63, 3.8) is 0 Å². The van der Waals surface area contributed by atoms with Crippen LogP contribution < -0.4 is 4.74 Å². The summed E-state index contributed by atoms with van der Waals surface area (Å²) in [7, 11) is 0. The molecule has 2 aromatic carbocycles. The fourth-order valence-electron chi connectivity index (χ4n) is 2.03. The molecule has 0 radical (unpaired) electrons. The van der Waals surface area contributed by atoms with Crippen LogP contribution in [0.1, 0.15) is 22.3 Å². The zero-order valence-corrected chi connectivity index (χ0v) is 12.0. The Morgan fingerprint density at radius 2 is 1.85 bits per heavy atom. The molecule has 0 amide bonds. The Morgan fingerprint density at radius 1 is 1.20 bits per heavy atom. The summed E-state index contributed by atoms with van der Waals surface area (Å²) in [6.45, 7) is 3.85. The molecule has 20 heavy (non-hydrogen) atoms. The third-order valence-corrected chi connectivity index (χ3v) is 3.21. The van der Waals surface area contributed by atoms with Gasteiger partial charge in [-0.15, -0.1) is 0 Å². The highest BCUT2D eigenvalue weighted by Gasteiger charge is 2.09. The van der Waals surface area contributed by atoms with Crippen molar-refractivity contribution in [1.29, 1.82) is 5.26 Å². The molecule has 2 rings (SSSR count). The van der Waals surface area contributed by atoms with Gasteiger partial charge < -0.3 is 4.74 Å². The highest BCUT2D eigenvalue weighted by molar-refractivity contribution is 6.30. The SMILES string of the molecule is Cc1cc(C#N)cc(C)c1OCc1ccc(Cl)cc1F. The number of halogens is 2. The van der Waals surface area contributed by atoms with Crippen molar-refractivity contribution in [3.8, 4) is 11.8 Å². The molecule has 0 heterocycles. The minimum absolute atomic E-state index is 0.122. The Labute approximate surface area is 122 Å². The largest absolute Gasteiger partial charge is 0.488 e. The topological polar surface area (TPSA) is 33.0 Å². The molecule has 0 saturated carbocycles. The summed E-state index contributed by atoms with van der Waals surface area (Å²) in [4.78, 5) is 0. The van der Waals surface area contributed by atoms with Gasteiger partial charge in [-0.25, -0.2) is 4.39 Å². The van der Waals surface area contributed by atoms with Crippen molar-refractivity contribution in [2.45, 2.75) is 20.5 Å². The Hall–Kier alpha value is -2.05. The van der Waals surface area contributed by atoms with E-state index in [1.165, 1.54) is 6.07 Å². The predicted molar refractivity (Wildman–Crippen MR) is 76.4 cm³/mol. The van der Waals surface area contributed by atoms with Gasteiger partial charge in [0.1, 0.15) is 18.2 Å². The second kappa shape index (κ2) is 5.94. The van der Waals surface area contributed by atoms with E-state index in [1.54, 1.807) is 24.3 Å². The maximum Gasteiger partial charge on any atom is 0.131 e. The van der Waals surface area contributed by atoms with Crippen LogP contribution in [-0.2, 0) is 6.61 Å². The molecule has 4 heteroatoms. The molecule has 0 aliphatic carbocycles. The van der Waals surface area contributed by atoms with E-state index in [-0.39, 0.29) is 12.4 Å². The van der Waals surface area contributed by atoms with Gasteiger partial charge in [-0.2, -0.15) is 5.26 Å². The molecule has 0 bridgehead atoms. The molecule has 0 aliphatic heterocycles. The Bertz CT molecular complexity index is 668. The molecular weight excluding hydrogens is 277 g/mol. The summed E-state index contributed by atoms with van der Waals surface area (Å²) in [5, 5.41) is 9.25. The average Bonchev–Trinajstić information content (AvgIpc) is 2.39. The zero-order valence-electron chi connectivity index (χ0n) is 11.2. The van der Waals surface area contributed by atoms with Crippen LogP contribution in [0, 0.1) is 31.0 Å². The van der Waals surface area contributed by atoms with Crippen molar-refractivity contribution >= 4 is 11.6 Å². The zero-order chi connectivity index (χ0) is 14.7. The van der Waals surface area contributed by atoms with E-state index >= 15 is 0 Å². The summed E-state index contributed by atoms with van der Waals surface area (Å²) >= 11 is 5.71. The number of benzene rings is 2. The van der Waals surface area contributed by atoms with Gasteiger partial charge in [-0.3, -0.25) is 0 Å². The van der Waals surface area contributed by atoms with Crippen molar-refractivity contribution < 1.29 is 9.13 Å². The lowest BCUT2D eigenvalue weighted by Crippen LogP contribution is -2.01. The van der Waals surface area contributed by atoms with Gasteiger partial charge in [0.05, 0.1) is 11.6 Å². The lowest BCUT2D eigenvalue weighted by molar-refractivity contribution is 0.296. The summed E-state index contributed by atoms with van der Waals surface area (Å²) in [5.74, 6) is 0.291. The van der Waals surface area contributed by atoms with E-state index in [4.69, 9.17) is 21.6 Å². The van der Waals surface area contributed by atoms with E-state index in [0.717, 1.165) is 11.1 Å². The highest BCUT2D eigenvalue weighted by Crippen LogP contribution is 2.26. The van der Waals surface area contributed by atoms with Crippen molar-refractivity contribution in [3.05, 3.63) is 63.4 Å². The Balaban J connectivity index is 2.21. The Kier molecular flexibility index (Phi) is 4.26. The summed E-state index contributed by atoms with van der Waals surface area (Å²) in [5.41, 5.74) is 2.74. The molecule has 0 saturated heterocycles. The van der Waals surface area contributed by atoms with E-state index < -0.39 is 0 Å². The molecule has 0 fully saturated rings. The molecule has 2 nitrogen and oxygen atoms in total. The van der Waals surface area contributed by atoms with Gasteiger partial charge in [0.2, 0.25) is 0 Å². The van der Waals surface area contributed by atoms with Crippen LogP contribution in [0.3, 0.4) is 0 Å². The third-order valence-electron chi connectivity index (χ3n) is 2.98. The highest BCUT2D eigenvalue weighted by atomic mass is 35.5. The lowest BCUT2D eigenvalue weighted by Gasteiger charge is -2.13.